The topological polar surface area (TPSA) is 36.4 Å². The van der Waals surface area contributed by atoms with Crippen LogP contribution in [0.1, 0.15) is 37.5 Å². The summed E-state index contributed by atoms with van der Waals surface area (Å²) in [4.78, 5) is 5.78. The van der Waals surface area contributed by atoms with Crippen LogP contribution in [0.15, 0.2) is 22.5 Å². The van der Waals surface area contributed by atoms with Crippen LogP contribution >= 0.6 is 11.3 Å². The van der Waals surface area contributed by atoms with E-state index in [0.717, 1.165) is 18.9 Å². The zero-order valence-electron chi connectivity index (χ0n) is 12.0. The summed E-state index contributed by atoms with van der Waals surface area (Å²) in [5.74, 6) is 1.59. The van der Waals surface area contributed by atoms with E-state index in [4.69, 9.17) is 0 Å². The third-order valence-corrected chi connectivity index (χ3v) is 4.57. The van der Waals surface area contributed by atoms with Crippen LogP contribution in [0.4, 0.5) is 0 Å². The summed E-state index contributed by atoms with van der Waals surface area (Å²) in [5, 5.41) is 9.12. The van der Waals surface area contributed by atoms with Crippen LogP contribution in [0.25, 0.3) is 0 Å². The summed E-state index contributed by atoms with van der Waals surface area (Å²) in [7, 11) is 1.86. The van der Waals surface area contributed by atoms with Crippen molar-refractivity contribution in [2.45, 2.75) is 45.1 Å². The van der Waals surface area contributed by atoms with Crippen LogP contribution in [0.2, 0.25) is 0 Å². The van der Waals surface area contributed by atoms with Gasteiger partial charge in [-0.15, -0.1) is 11.3 Å². The molecule has 0 aliphatic heterocycles. The molecule has 3 nitrogen and oxygen atoms in total. The predicted octanol–water partition coefficient (Wildman–Crippen LogP) is 3.03. The molecule has 1 aliphatic carbocycles. The van der Waals surface area contributed by atoms with Gasteiger partial charge in [0.15, 0.2) is 5.96 Å². The molecule has 0 radical (unpaired) electrons. The molecule has 106 valence electrons. The molecular formula is C15H25N3S. The van der Waals surface area contributed by atoms with Gasteiger partial charge in [0.2, 0.25) is 0 Å². The highest BCUT2D eigenvalue weighted by Crippen LogP contribution is 2.17. The summed E-state index contributed by atoms with van der Waals surface area (Å²) in [5.41, 5.74) is 0. The molecule has 2 rings (SSSR count). The average Bonchev–Trinajstić information content (AvgIpc) is 3.07. The smallest absolute Gasteiger partial charge is 0.191 e. The van der Waals surface area contributed by atoms with Crippen molar-refractivity contribution in [2.75, 3.05) is 13.6 Å². The van der Waals surface area contributed by atoms with Crippen molar-refractivity contribution in [1.29, 1.82) is 0 Å². The maximum atomic E-state index is 4.32. The molecule has 1 saturated carbocycles. The molecule has 0 saturated heterocycles. The minimum Gasteiger partial charge on any atom is -0.356 e. The first kappa shape index (κ1) is 14.4. The lowest BCUT2D eigenvalue weighted by Gasteiger charge is -2.19. The monoisotopic (exact) mass is 279 g/mol. The van der Waals surface area contributed by atoms with Crippen molar-refractivity contribution in [2.24, 2.45) is 10.9 Å². The van der Waals surface area contributed by atoms with Gasteiger partial charge in [0, 0.05) is 24.5 Å². The molecule has 0 amide bonds. The Bertz CT molecular complexity index is 380. The summed E-state index contributed by atoms with van der Waals surface area (Å²) in [6.07, 6.45) is 6.41. The van der Waals surface area contributed by atoms with E-state index in [1.165, 1.54) is 30.6 Å². The number of hydrogen-bond donors (Lipinski definition) is 2. The summed E-state index contributed by atoms with van der Waals surface area (Å²) in [6, 6.07) is 4.96. The zero-order valence-corrected chi connectivity index (χ0v) is 12.8. The Labute approximate surface area is 120 Å². The van der Waals surface area contributed by atoms with Gasteiger partial charge in [0.1, 0.15) is 0 Å². The first-order chi connectivity index (χ1) is 9.28. The Morgan fingerprint density at radius 1 is 1.47 bits per heavy atom. The van der Waals surface area contributed by atoms with Crippen LogP contribution in [0.5, 0.6) is 0 Å². The van der Waals surface area contributed by atoms with E-state index < -0.39 is 0 Å². The van der Waals surface area contributed by atoms with Crippen molar-refractivity contribution in [1.82, 2.24) is 10.6 Å². The lowest BCUT2D eigenvalue weighted by Crippen LogP contribution is -2.43. The quantitative estimate of drug-likeness (QED) is 0.642. The highest BCUT2D eigenvalue weighted by Gasteiger charge is 2.16. The number of nitrogens with zero attached hydrogens (tertiary/aromatic N) is 1. The van der Waals surface area contributed by atoms with Crippen LogP contribution in [-0.2, 0) is 6.42 Å². The fourth-order valence-corrected chi connectivity index (χ4v) is 3.44. The molecular weight excluding hydrogens is 254 g/mol. The molecule has 0 aromatic carbocycles. The van der Waals surface area contributed by atoms with E-state index >= 15 is 0 Å². The number of guanidine groups is 1. The number of thiophene rings is 1. The molecule has 1 heterocycles. The standard InChI is InChI=1S/C15H25N3S/c1-12(10-14-8-5-9-19-14)11-17-15(16-2)18-13-6-3-4-7-13/h5,8-9,12-13H,3-4,6-7,10-11H2,1-2H3,(H2,16,17,18). The van der Waals surface area contributed by atoms with Crippen LogP contribution in [-0.4, -0.2) is 25.6 Å². The molecule has 19 heavy (non-hydrogen) atoms. The van der Waals surface area contributed by atoms with E-state index in [1.807, 2.05) is 18.4 Å². The number of hydrogen-bond acceptors (Lipinski definition) is 2. The van der Waals surface area contributed by atoms with E-state index in [-0.39, 0.29) is 0 Å². The predicted molar refractivity (Wildman–Crippen MR) is 83.9 cm³/mol. The lowest BCUT2D eigenvalue weighted by atomic mass is 10.1. The number of nitrogens with one attached hydrogen (secondary N) is 2. The maximum Gasteiger partial charge on any atom is 0.191 e. The van der Waals surface area contributed by atoms with E-state index in [1.54, 1.807) is 0 Å². The van der Waals surface area contributed by atoms with Gasteiger partial charge in [-0.2, -0.15) is 0 Å². The molecule has 0 bridgehead atoms. The molecule has 4 heteroatoms. The Morgan fingerprint density at radius 2 is 2.26 bits per heavy atom. The van der Waals surface area contributed by atoms with E-state index in [9.17, 15) is 0 Å². The van der Waals surface area contributed by atoms with Crippen LogP contribution in [0.3, 0.4) is 0 Å². The lowest BCUT2D eigenvalue weighted by molar-refractivity contribution is 0.549. The van der Waals surface area contributed by atoms with Crippen molar-refractivity contribution in [3.8, 4) is 0 Å². The zero-order chi connectivity index (χ0) is 13.5. The molecule has 1 aromatic rings. The van der Waals surface area contributed by atoms with Crippen molar-refractivity contribution >= 4 is 17.3 Å². The maximum absolute atomic E-state index is 4.32. The number of rotatable bonds is 5. The summed E-state index contributed by atoms with van der Waals surface area (Å²) in [6.45, 7) is 3.26. The van der Waals surface area contributed by atoms with Gasteiger partial charge < -0.3 is 10.6 Å². The second kappa shape index (κ2) is 7.53. The molecule has 1 unspecified atom stereocenters. The average molecular weight is 279 g/mol. The third kappa shape index (κ3) is 4.86. The summed E-state index contributed by atoms with van der Waals surface area (Å²) < 4.78 is 0. The van der Waals surface area contributed by atoms with Crippen molar-refractivity contribution in [3.05, 3.63) is 22.4 Å². The van der Waals surface area contributed by atoms with Crippen LogP contribution in [0, 0.1) is 5.92 Å². The van der Waals surface area contributed by atoms with Gasteiger partial charge in [-0.25, -0.2) is 0 Å². The Balaban J connectivity index is 1.70. The van der Waals surface area contributed by atoms with Crippen LogP contribution < -0.4 is 10.6 Å². The second-order valence-corrected chi connectivity index (χ2v) is 6.50. The van der Waals surface area contributed by atoms with Crippen molar-refractivity contribution < 1.29 is 0 Å². The van der Waals surface area contributed by atoms with E-state index in [0.29, 0.717) is 12.0 Å². The molecule has 1 atom stereocenters. The van der Waals surface area contributed by atoms with Gasteiger partial charge in [0.25, 0.3) is 0 Å². The first-order valence-corrected chi connectivity index (χ1v) is 8.15. The minimum absolute atomic E-state index is 0.624. The Morgan fingerprint density at radius 3 is 2.89 bits per heavy atom. The fraction of sp³-hybridized carbons (Fsp3) is 0.667. The SMILES string of the molecule is CN=C(NCC(C)Cc1cccs1)NC1CCCC1. The van der Waals surface area contributed by atoms with Gasteiger partial charge in [-0.1, -0.05) is 25.8 Å². The molecule has 2 N–H and O–H groups in total. The molecule has 0 spiro atoms. The molecule has 1 aliphatic rings. The second-order valence-electron chi connectivity index (χ2n) is 5.47. The first-order valence-electron chi connectivity index (χ1n) is 7.27. The Kier molecular flexibility index (Phi) is 5.70. The Hall–Kier alpha value is -1.03. The highest BCUT2D eigenvalue weighted by atomic mass is 32.1. The molecule has 1 aromatic heterocycles. The van der Waals surface area contributed by atoms with Gasteiger partial charge in [-0.05, 0) is 36.6 Å². The highest BCUT2D eigenvalue weighted by molar-refractivity contribution is 7.09. The van der Waals surface area contributed by atoms with Gasteiger partial charge >= 0.3 is 0 Å². The third-order valence-electron chi connectivity index (χ3n) is 3.67. The number of aliphatic imine (C=N–C) groups is 1. The fourth-order valence-electron chi connectivity index (χ4n) is 2.57. The molecule has 1 fully saturated rings. The normalized spacial score (nSPS) is 18.5. The van der Waals surface area contributed by atoms with Gasteiger partial charge in [-0.3, -0.25) is 4.99 Å². The van der Waals surface area contributed by atoms with E-state index in [2.05, 4.69) is 40.1 Å². The van der Waals surface area contributed by atoms with Gasteiger partial charge in [0.05, 0.1) is 0 Å². The summed E-state index contributed by atoms with van der Waals surface area (Å²) >= 11 is 1.84. The van der Waals surface area contributed by atoms with Crippen molar-refractivity contribution in [3.63, 3.8) is 0 Å². The largest absolute Gasteiger partial charge is 0.356 e. The minimum atomic E-state index is 0.624.